The van der Waals surface area contributed by atoms with E-state index >= 15 is 0 Å². The number of nitrogens with one attached hydrogen (secondary N) is 3. The number of carbonyl (C=O) groups is 2. The van der Waals surface area contributed by atoms with Crippen LogP contribution in [0.15, 0.2) is 71.9 Å². The molecule has 0 saturated carbocycles. The van der Waals surface area contributed by atoms with E-state index in [1.165, 1.54) is 0 Å². The quantitative estimate of drug-likeness (QED) is 0.434. The van der Waals surface area contributed by atoms with E-state index in [0.717, 1.165) is 28.1 Å². The predicted octanol–water partition coefficient (Wildman–Crippen LogP) is 4.67. The summed E-state index contributed by atoms with van der Waals surface area (Å²) in [5.74, 6) is -0.316. The Balaban J connectivity index is 1.61. The van der Waals surface area contributed by atoms with Crippen molar-refractivity contribution in [1.82, 2.24) is 10.2 Å². The number of hydrogen-bond acceptors (Lipinski definition) is 4. The van der Waals surface area contributed by atoms with Gasteiger partial charge in [0.1, 0.15) is 0 Å². The Kier molecular flexibility index (Phi) is 4.74. The number of para-hydroxylation sites is 1. The summed E-state index contributed by atoms with van der Waals surface area (Å²) < 4.78 is 0. The van der Waals surface area contributed by atoms with Gasteiger partial charge in [-0.2, -0.15) is 16.4 Å². The van der Waals surface area contributed by atoms with Crippen molar-refractivity contribution in [1.29, 1.82) is 0 Å². The van der Waals surface area contributed by atoms with Crippen LogP contribution in [0, 0.1) is 0 Å². The van der Waals surface area contributed by atoms with Gasteiger partial charge in [0, 0.05) is 5.39 Å². The maximum absolute atomic E-state index is 12.8. The van der Waals surface area contributed by atoms with E-state index in [0.29, 0.717) is 17.1 Å². The highest BCUT2D eigenvalue weighted by Crippen LogP contribution is 2.28. The lowest BCUT2D eigenvalue weighted by Gasteiger charge is -2.09. The average Bonchev–Trinajstić information content (AvgIpc) is 3.38. The molecule has 0 aliphatic carbocycles. The number of nitrogens with zero attached hydrogens (tertiary/aromatic N) is 1. The Morgan fingerprint density at radius 3 is 2.71 bits per heavy atom. The molecule has 138 valence electrons. The fourth-order valence-electron chi connectivity index (χ4n) is 2.87. The van der Waals surface area contributed by atoms with Gasteiger partial charge in [-0.05, 0) is 58.3 Å². The van der Waals surface area contributed by atoms with Gasteiger partial charge in [-0.25, -0.2) is 0 Å². The number of benzene rings is 2. The van der Waals surface area contributed by atoms with E-state index < -0.39 is 0 Å². The van der Waals surface area contributed by atoms with Gasteiger partial charge < -0.3 is 10.6 Å². The van der Waals surface area contributed by atoms with E-state index in [1.807, 2.05) is 23.6 Å². The molecule has 2 amide bonds. The summed E-state index contributed by atoms with van der Waals surface area (Å²) in [6, 6.07) is 14.7. The number of aromatic nitrogens is 2. The number of carbonyl (C=O) groups excluding carboxylic acids is 2. The van der Waals surface area contributed by atoms with Crippen LogP contribution >= 0.6 is 11.3 Å². The average molecular weight is 388 g/mol. The largest absolute Gasteiger partial charge is 0.322 e. The first-order valence-electron chi connectivity index (χ1n) is 8.50. The Hall–Kier alpha value is -3.71. The summed E-state index contributed by atoms with van der Waals surface area (Å²) >= 11 is 1.64. The first-order valence-corrected chi connectivity index (χ1v) is 9.44. The molecule has 0 spiro atoms. The highest BCUT2D eigenvalue weighted by atomic mass is 32.1. The minimum Gasteiger partial charge on any atom is -0.322 e. The fraction of sp³-hybridized carbons (Fsp3) is 0. The van der Waals surface area contributed by atoms with Crippen LogP contribution in [0.3, 0.4) is 0 Å². The smallest absolute Gasteiger partial charge is 0.258 e. The van der Waals surface area contributed by atoms with Gasteiger partial charge in [-0.3, -0.25) is 14.7 Å². The van der Waals surface area contributed by atoms with Crippen LogP contribution in [0.25, 0.3) is 22.0 Å². The van der Waals surface area contributed by atoms with Gasteiger partial charge in [0.05, 0.1) is 16.8 Å². The second kappa shape index (κ2) is 7.50. The van der Waals surface area contributed by atoms with Crippen LogP contribution in [0.4, 0.5) is 11.5 Å². The zero-order valence-corrected chi connectivity index (χ0v) is 15.5. The van der Waals surface area contributed by atoms with E-state index in [4.69, 9.17) is 0 Å². The number of amides is 2. The molecule has 4 rings (SSSR count). The van der Waals surface area contributed by atoms with Crippen molar-refractivity contribution in [3.63, 3.8) is 0 Å². The van der Waals surface area contributed by atoms with Crippen molar-refractivity contribution in [3.8, 4) is 11.1 Å². The molecule has 4 aromatic rings. The molecule has 0 saturated heterocycles. The third-order valence-electron chi connectivity index (χ3n) is 4.26. The molecule has 0 aliphatic heterocycles. The molecule has 7 heteroatoms. The molecule has 0 bridgehead atoms. The molecule has 3 N–H and O–H groups in total. The van der Waals surface area contributed by atoms with E-state index in [1.54, 1.807) is 35.6 Å². The second-order valence-electron chi connectivity index (χ2n) is 6.04. The Labute approximate surface area is 164 Å². The Bertz CT molecular complexity index is 1180. The van der Waals surface area contributed by atoms with Crippen LogP contribution in [0.2, 0.25) is 0 Å². The van der Waals surface area contributed by atoms with Crippen LogP contribution in [0.1, 0.15) is 10.4 Å². The van der Waals surface area contributed by atoms with Gasteiger partial charge in [-0.1, -0.05) is 24.8 Å². The van der Waals surface area contributed by atoms with Crippen molar-refractivity contribution in [3.05, 3.63) is 77.5 Å². The van der Waals surface area contributed by atoms with Gasteiger partial charge in [0.15, 0.2) is 5.82 Å². The van der Waals surface area contributed by atoms with Crippen molar-refractivity contribution in [2.75, 3.05) is 10.6 Å². The maximum atomic E-state index is 12.8. The van der Waals surface area contributed by atoms with Gasteiger partial charge in [0.25, 0.3) is 5.91 Å². The normalized spacial score (nSPS) is 10.6. The van der Waals surface area contributed by atoms with E-state index in [-0.39, 0.29) is 11.8 Å². The molecule has 0 radical (unpaired) electrons. The molecule has 2 heterocycles. The topological polar surface area (TPSA) is 86.9 Å². The van der Waals surface area contributed by atoms with Crippen molar-refractivity contribution < 1.29 is 9.59 Å². The number of aromatic amines is 1. The lowest BCUT2D eigenvalue weighted by Crippen LogP contribution is -2.17. The van der Waals surface area contributed by atoms with Gasteiger partial charge in [-0.15, -0.1) is 0 Å². The molecule has 2 aromatic carbocycles. The van der Waals surface area contributed by atoms with E-state index in [2.05, 4.69) is 38.9 Å². The van der Waals surface area contributed by atoms with Crippen molar-refractivity contribution in [2.45, 2.75) is 0 Å². The predicted molar refractivity (Wildman–Crippen MR) is 113 cm³/mol. The summed E-state index contributed by atoms with van der Waals surface area (Å²) in [6.45, 7) is 3.43. The maximum Gasteiger partial charge on any atom is 0.258 e. The van der Waals surface area contributed by atoms with E-state index in [9.17, 15) is 9.59 Å². The standard InChI is InChI=1S/C21H16N4O2S/c1-2-19(26)22-17-6-4-3-5-16(17)21(27)23-20-15-8-7-13(11-18(15)24-25-20)14-9-10-28-12-14/h2-12H,1H2,(H,22,26)(H2,23,24,25,27). The molecule has 6 nitrogen and oxygen atoms in total. The van der Waals surface area contributed by atoms with Crippen LogP contribution in [0.5, 0.6) is 0 Å². The summed E-state index contributed by atoms with van der Waals surface area (Å²) in [7, 11) is 0. The third-order valence-corrected chi connectivity index (χ3v) is 4.95. The van der Waals surface area contributed by atoms with Crippen molar-refractivity contribution in [2.24, 2.45) is 0 Å². The first-order chi connectivity index (χ1) is 13.7. The third kappa shape index (κ3) is 3.43. The number of fused-ring (bicyclic) bond motifs is 1. The molecule has 0 unspecified atom stereocenters. The fourth-order valence-corrected chi connectivity index (χ4v) is 3.54. The molecular weight excluding hydrogens is 372 g/mol. The van der Waals surface area contributed by atoms with Crippen LogP contribution < -0.4 is 10.6 Å². The molecule has 2 aromatic heterocycles. The zero-order chi connectivity index (χ0) is 19.5. The first kappa shape index (κ1) is 17.7. The molecule has 0 fully saturated rings. The monoisotopic (exact) mass is 388 g/mol. The lowest BCUT2D eigenvalue weighted by molar-refractivity contribution is -0.111. The van der Waals surface area contributed by atoms with Gasteiger partial charge in [0.2, 0.25) is 5.91 Å². The van der Waals surface area contributed by atoms with Crippen LogP contribution in [-0.4, -0.2) is 22.0 Å². The number of hydrogen-bond donors (Lipinski definition) is 3. The number of rotatable bonds is 5. The van der Waals surface area contributed by atoms with Crippen LogP contribution in [-0.2, 0) is 4.79 Å². The Morgan fingerprint density at radius 2 is 1.93 bits per heavy atom. The number of H-pyrrole nitrogens is 1. The number of anilines is 2. The summed E-state index contributed by atoms with van der Waals surface area (Å²) in [4.78, 5) is 24.4. The Morgan fingerprint density at radius 1 is 1.07 bits per heavy atom. The number of thiophene rings is 1. The molecule has 0 atom stereocenters. The SMILES string of the molecule is C=CC(=O)Nc1ccccc1C(=O)Nc1n[nH]c2cc(-c3ccsc3)ccc12. The van der Waals surface area contributed by atoms with Gasteiger partial charge >= 0.3 is 0 Å². The summed E-state index contributed by atoms with van der Waals surface area (Å²) in [5.41, 5.74) is 3.78. The zero-order valence-electron chi connectivity index (χ0n) is 14.7. The molecule has 28 heavy (non-hydrogen) atoms. The second-order valence-corrected chi connectivity index (χ2v) is 6.82. The summed E-state index contributed by atoms with van der Waals surface area (Å²) in [6.07, 6.45) is 1.15. The summed E-state index contributed by atoms with van der Waals surface area (Å²) in [5, 5.41) is 17.5. The lowest BCUT2D eigenvalue weighted by atomic mass is 10.1. The minimum atomic E-state index is -0.383. The minimum absolute atomic E-state index is 0.337. The van der Waals surface area contributed by atoms with Crippen molar-refractivity contribution >= 4 is 45.6 Å². The molecule has 0 aliphatic rings. The molecular formula is C21H16N4O2S. The highest BCUT2D eigenvalue weighted by Gasteiger charge is 2.15. The highest BCUT2D eigenvalue weighted by molar-refractivity contribution is 7.08.